The molecule has 0 saturated heterocycles. The number of nitrogens with one attached hydrogen (secondary N) is 1. The second-order valence-corrected chi connectivity index (χ2v) is 6.14. The van der Waals surface area contributed by atoms with Crippen LogP contribution >= 0.6 is 0 Å². The van der Waals surface area contributed by atoms with Crippen LogP contribution in [0.1, 0.15) is 31.4 Å². The van der Waals surface area contributed by atoms with Crippen molar-refractivity contribution in [1.29, 1.82) is 0 Å². The maximum Gasteiger partial charge on any atom is 0.219 e. The minimum atomic E-state index is -0.655. The summed E-state index contributed by atoms with van der Waals surface area (Å²) in [5.41, 5.74) is 6.97. The van der Waals surface area contributed by atoms with E-state index < -0.39 is 11.6 Å². The molecule has 5 nitrogen and oxygen atoms in total. The number of amides is 1. The van der Waals surface area contributed by atoms with E-state index in [1.807, 2.05) is 45.9 Å². The summed E-state index contributed by atoms with van der Waals surface area (Å²) < 4.78 is 5.62. The van der Waals surface area contributed by atoms with Gasteiger partial charge in [0, 0.05) is 18.5 Å². The zero-order valence-corrected chi connectivity index (χ0v) is 13.3. The lowest BCUT2D eigenvalue weighted by Crippen LogP contribution is -2.46. The van der Waals surface area contributed by atoms with Gasteiger partial charge in [0.05, 0.1) is 0 Å². The molecule has 0 aliphatic heterocycles. The topological polar surface area (TPSA) is 84.6 Å². The van der Waals surface area contributed by atoms with E-state index in [9.17, 15) is 9.90 Å². The van der Waals surface area contributed by atoms with Crippen LogP contribution in [0.3, 0.4) is 0 Å². The molecule has 0 fully saturated rings. The van der Waals surface area contributed by atoms with E-state index in [4.69, 9.17) is 10.5 Å². The molecule has 0 radical (unpaired) electrons. The smallest absolute Gasteiger partial charge is 0.219 e. The van der Waals surface area contributed by atoms with Crippen LogP contribution < -0.4 is 15.8 Å². The van der Waals surface area contributed by atoms with Gasteiger partial charge in [0.2, 0.25) is 5.91 Å². The molecule has 1 aromatic rings. The van der Waals surface area contributed by atoms with Crippen molar-refractivity contribution in [2.45, 2.75) is 45.8 Å². The van der Waals surface area contributed by atoms with Gasteiger partial charge in [-0.15, -0.1) is 0 Å². The molecule has 21 heavy (non-hydrogen) atoms. The number of ether oxygens (including phenoxy) is 1. The number of hydrogen-bond acceptors (Lipinski definition) is 4. The Bertz CT molecular complexity index is 486. The zero-order chi connectivity index (χ0) is 16.0. The van der Waals surface area contributed by atoms with Gasteiger partial charge >= 0.3 is 0 Å². The first kappa shape index (κ1) is 17.5. The second kappa shape index (κ2) is 7.43. The highest BCUT2D eigenvalue weighted by atomic mass is 16.5. The van der Waals surface area contributed by atoms with E-state index in [0.29, 0.717) is 6.54 Å². The normalized spacial score (nSPS) is 13.0. The van der Waals surface area contributed by atoms with E-state index in [1.54, 1.807) is 0 Å². The van der Waals surface area contributed by atoms with Crippen LogP contribution in [0.25, 0.3) is 0 Å². The van der Waals surface area contributed by atoms with Crippen LogP contribution in [0.2, 0.25) is 0 Å². The third-order valence-corrected chi connectivity index (χ3v) is 3.19. The second-order valence-electron chi connectivity index (χ2n) is 6.14. The Kier molecular flexibility index (Phi) is 6.18. The maximum absolute atomic E-state index is 10.9. The molecular weight excluding hydrogens is 268 g/mol. The molecule has 1 aromatic carbocycles. The molecule has 0 heterocycles. The Morgan fingerprint density at radius 3 is 2.67 bits per heavy atom. The number of carbonyl (C=O) groups is 1. The fourth-order valence-corrected chi connectivity index (χ4v) is 2.10. The number of hydrogen-bond donors (Lipinski definition) is 3. The molecule has 118 valence electrons. The summed E-state index contributed by atoms with van der Waals surface area (Å²) in [6, 6.07) is 5.92. The van der Waals surface area contributed by atoms with Gasteiger partial charge in [-0.1, -0.05) is 17.7 Å². The zero-order valence-electron chi connectivity index (χ0n) is 13.3. The van der Waals surface area contributed by atoms with Crippen LogP contribution in [-0.2, 0) is 4.79 Å². The Morgan fingerprint density at radius 2 is 2.10 bits per heavy atom. The van der Waals surface area contributed by atoms with Gasteiger partial charge in [0.1, 0.15) is 18.5 Å². The molecule has 1 amide bonds. The summed E-state index contributed by atoms with van der Waals surface area (Å²) in [4.78, 5) is 10.9. The summed E-state index contributed by atoms with van der Waals surface area (Å²) in [7, 11) is 0. The maximum atomic E-state index is 10.9. The monoisotopic (exact) mass is 294 g/mol. The number of nitrogens with two attached hydrogens (primary N) is 1. The van der Waals surface area contributed by atoms with Gasteiger partial charge in [-0.25, -0.2) is 0 Å². The van der Waals surface area contributed by atoms with Gasteiger partial charge in [-0.3, -0.25) is 4.79 Å². The first-order valence-corrected chi connectivity index (χ1v) is 7.11. The number of β-amino-alcohol motifs (C(OH)–C–C–N with tert-alkyl or cyclic N) is 1. The van der Waals surface area contributed by atoms with E-state index in [2.05, 4.69) is 5.32 Å². The van der Waals surface area contributed by atoms with E-state index >= 15 is 0 Å². The highest BCUT2D eigenvalue weighted by Crippen LogP contribution is 2.18. The first-order chi connectivity index (χ1) is 9.69. The quantitative estimate of drug-likeness (QED) is 0.674. The van der Waals surface area contributed by atoms with Gasteiger partial charge < -0.3 is 20.9 Å². The molecular formula is C16H26N2O3. The van der Waals surface area contributed by atoms with E-state index in [1.165, 1.54) is 5.56 Å². The first-order valence-electron chi connectivity index (χ1n) is 7.11. The molecule has 5 heteroatoms. The molecule has 0 aliphatic carbocycles. The van der Waals surface area contributed by atoms with Crippen molar-refractivity contribution in [3.63, 3.8) is 0 Å². The summed E-state index contributed by atoms with van der Waals surface area (Å²) in [5, 5.41) is 13.1. The van der Waals surface area contributed by atoms with Gasteiger partial charge in [0.25, 0.3) is 0 Å². The molecule has 0 bridgehead atoms. The lowest BCUT2D eigenvalue weighted by atomic mass is 10.0. The average Bonchev–Trinajstić information content (AvgIpc) is 2.34. The lowest BCUT2D eigenvalue weighted by molar-refractivity contribution is -0.119. The molecule has 1 atom stereocenters. The molecule has 0 aliphatic rings. The Labute approximate surface area is 126 Å². The van der Waals surface area contributed by atoms with Crippen LogP contribution in [-0.4, -0.2) is 35.8 Å². The van der Waals surface area contributed by atoms with Gasteiger partial charge in [-0.05, 0) is 39.3 Å². The number of carbonyl (C=O) groups excluding carboxylic acids is 1. The highest BCUT2D eigenvalue weighted by Gasteiger charge is 2.21. The van der Waals surface area contributed by atoms with Gasteiger partial charge in [-0.2, -0.15) is 0 Å². The molecule has 0 saturated carbocycles. The van der Waals surface area contributed by atoms with Crippen molar-refractivity contribution in [3.8, 4) is 5.75 Å². The minimum absolute atomic E-state index is 0.198. The average molecular weight is 294 g/mol. The van der Waals surface area contributed by atoms with Crippen molar-refractivity contribution >= 4 is 5.91 Å². The molecule has 1 rings (SSSR count). The number of rotatable bonds is 8. The van der Waals surface area contributed by atoms with Crippen LogP contribution in [0.5, 0.6) is 5.75 Å². The third-order valence-electron chi connectivity index (χ3n) is 3.19. The Hall–Kier alpha value is -1.59. The van der Waals surface area contributed by atoms with Crippen molar-refractivity contribution in [2.75, 3.05) is 13.2 Å². The number of aryl methyl sites for hydroxylation is 2. The van der Waals surface area contributed by atoms with Crippen LogP contribution in [0.15, 0.2) is 18.2 Å². The molecule has 4 N–H and O–H groups in total. The van der Waals surface area contributed by atoms with Crippen molar-refractivity contribution in [1.82, 2.24) is 5.32 Å². The molecule has 0 spiro atoms. The standard InChI is InChI=1S/C16H26N2O3/c1-11-5-6-14(12(2)7-11)21-10-13(19)9-18-16(3,4)8-15(17)20/h5-7,13,18-19H,8-10H2,1-4H3,(H2,17,20). The highest BCUT2D eigenvalue weighted by molar-refractivity contribution is 5.74. The fraction of sp³-hybridized carbons (Fsp3) is 0.562. The summed E-state index contributed by atoms with van der Waals surface area (Å²) in [6.45, 7) is 8.28. The predicted octanol–water partition coefficient (Wildman–Crippen LogP) is 1.29. The molecule has 0 aromatic heterocycles. The number of benzene rings is 1. The van der Waals surface area contributed by atoms with Crippen molar-refractivity contribution < 1.29 is 14.6 Å². The van der Waals surface area contributed by atoms with Crippen molar-refractivity contribution in [3.05, 3.63) is 29.3 Å². The number of primary amides is 1. The fourth-order valence-electron chi connectivity index (χ4n) is 2.10. The van der Waals surface area contributed by atoms with E-state index in [0.717, 1.165) is 11.3 Å². The summed E-state index contributed by atoms with van der Waals surface area (Å²) in [6.07, 6.45) is -0.435. The Morgan fingerprint density at radius 1 is 1.43 bits per heavy atom. The van der Waals surface area contributed by atoms with Crippen LogP contribution in [0, 0.1) is 13.8 Å². The van der Waals surface area contributed by atoms with E-state index in [-0.39, 0.29) is 18.9 Å². The Balaban J connectivity index is 2.40. The SMILES string of the molecule is Cc1ccc(OCC(O)CNC(C)(C)CC(N)=O)c(C)c1. The van der Waals surface area contributed by atoms with Gasteiger partial charge in [0.15, 0.2) is 0 Å². The number of aliphatic hydroxyl groups excluding tert-OH is 1. The van der Waals surface area contributed by atoms with Crippen molar-refractivity contribution in [2.24, 2.45) is 5.73 Å². The third kappa shape index (κ3) is 6.60. The predicted molar refractivity (Wildman–Crippen MR) is 83.3 cm³/mol. The summed E-state index contributed by atoms with van der Waals surface area (Å²) >= 11 is 0. The lowest BCUT2D eigenvalue weighted by Gasteiger charge is -2.26. The largest absolute Gasteiger partial charge is 0.491 e. The minimum Gasteiger partial charge on any atom is -0.491 e. The molecule has 1 unspecified atom stereocenters. The summed E-state index contributed by atoms with van der Waals surface area (Å²) in [5.74, 6) is 0.407. The number of aliphatic hydroxyl groups is 1. The van der Waals surface area contributed by atoms with Crippen LogP contribution in [0.4, 0.5) is 0 Å².